The third-order valence-electron chi connectivity index (χ3n) is 2.96. The summed E-state index contributed by atoms with van der Waals surface area (Å²) >= 11 is 5.79. The van der Waals surface area contributed by atoms with Crippen LogP contribution in [0.2, 0.25) is 5.02 Å². The summed E-state index contributed by atoms with van der Waals surface area (Å²) in [6, 6.07) is 6.29. The van der Waals surface area contributed by atoms with E-state index in [1.165, 1.54) is 18.2 Å². The van der Waals surface area contributed by atoms with Gasteiger partial charge in [0, 0.05) is 0 Å². The molecular weight excluding hydrogens is 351 g/mol. The number of carbonyl (C=O) groups excluding carboxylic acids is 1. The lowest BCUT2D eigenvalue weighted by Crippen LogP contribution is -2.04. The van der Waals surface area contributed by atoms with Crippen molar-refractivity contribution in [2.45, 2.75) is 6.18 Å². The Morgan fingerprint density at radius 3 is 2.42 bits per heavy atom. The minimum Gasteiger partial charge on any atom is -0.465 e. The number of hydrogen-bond acceptors (Lipinski definition) is 5. The first kappa shape index (κ1) is 17.7. The van der Waals surface area contributed by atoms with Crippen molar-refractivity contribution in [3.63, 3.8) is 0 Å². The topological polar surface area (TPSA) is 65.0 Å². The van der Waals surface area contributed by atoms with Gasteiger partial charge in [0.15, 0.2) is 0 Å². The zero-order chi connectivity index (χ0) is 17.9. The summed E-state index contributed by atoms with van der Waals surface area (Å²) in [5, 5.41) is 2.42. The molecule has 0 spiro atoms. The smallest absolute Gasteiger partial charge is 0.416 e. The van der Waals surface area contributed by atoms with Crippen LogP contribution in [0.25, 0.3) is 0 Å². The number of alkyl halides is 3. The zero-order valence-corrected chi connectivity index (χ0v) is 12.8. The number of halogens is 4. The number of rotatable bonds is 4. The lowest BCUT2D eigenvalue weighted by Gasteiger charge is -2.12. The Bertz CT molecular complexity index is 793. The molecule has 2 aromatic rings. The molecule has 0 heterocycles. The first-order valence-electron chi connectivity index (χ1n) is 6.36. The van der Waals surface area contributed by atoms with E-state index in [1.807, 2.05) is 0 Å². The molecule has 0 bridgehead atoms. The second-order valence-corrected chi connectivity index (χ2v) is 4.91. The molecule has 24 heavy (non-hydrogen) atoms. The molecule has 0 atom stereocenters. The van der Waals surface area contributed by atoms with Crippen LogP contribution in [0.5, 0.6) is 11.5 Å². The first-order valence-corrected chi connectivity index (χ1v) is 6.74. The van der Waals surface area contributed by atoms with Gasteiger partial charge in [0.25, 0.3) is 0 Å². The van der Waals surface area contributed by atoms with Crippen molar-refractivity contribution in [1.82, 2.24) is 0 Å². The summed E-state index contributed by atoms with van der Waals surface area (Å²) in [7, 11) is 1.12. The van der Waals surface area contributed by atoms with E-state index < -0.39 is 17.7 Å². The molecule has 0 saturated heterocycles. The molecule has 0 aliphatic carbocycles. The summed E-state index contributed by atoms with van der Waals surface area (Å²) in [6.07, 6.45) is -4.53. The molecule has 0 aliphatic rings. The number of nitrogens with zero attached hydrogens (tertiary/aromatic N) is 1. The van der Waals surface area contributed by atoms with Crippen LogP contribution in [0.15, 0.2) is 41.6 Å². The van der Waals surface area contributed by atoms with E-state index in [0.29, 0.717) is 0 Å². The monoisotopic (exact) mass is 359 g/mol. The fourth-order valence-electron chi connectivity index (χ4n) is 1.82. The van der Waals surface area contributed by atoms with E-state index in [2.05, 4.69) is 9.91 Å². The molecule has 5 nitrogen and oxygen atoms in total. The van der Waals surface area contributed by atoms with Crippen LogP contribution in [0.3, 0.4) is 0 Å². The minimum atomic E-state index is -4.53. The molecule has 9 heteroatoms. The number of nitroso groups, excluding NO2 is 1. The van der Waals surface area contributed by atoms with Crippen LogP contribution in [0, 0.1) is 4.91 Å². The SMILES string of the molecule is COC(=O)c1cc(Oc2ccc(C(F)(F)F)cc2Cl)ccc1N=O. The van der Waals surface area contributed by atoms with Crippen molar-refractivity contribution >= 4 is 23.3 Å². The molecule has 126 valence electrons. The average molecular weight is 360 g/mol. The van der Waals surface area contributed by atoms with Gasteiger partial charge < -0.3 is 9.47 Å². The molecule has 0 fully saturated rings. The predicted octanol–water partition coefficient (Wildman–Crippen LogP) is 5.34. The fraction of sp³-hybridized carbons (Fsp3) is 0.133. The lowest BCUT2D eigenvalue weighted by molar-refractivity contribution is -0.137. The van der Waals surface area contributed by atoms with Gasteiger partial charge in [-0.15, -0.1) is 4.91 Å². The standard InChI is InChI=1S/C15H9ClF3NO4/c1-23-14(21)10-7-9(3-4-12(10)20-22)24-13-5-2-8(6-11(13)16)15(17,18)19/h2-7H,1H3. The van der Waals surface area contributed by atoms with Gasteiger partial charge in [0.1, 0.15) is 17.2 Å². The Labute approximate surface area is 138 Å². The summed E-state index contributed by atoms with van der Waals surface area (Å²) in [5.41, 5.74) is -1.23. The summed E-state index contributed by atoms with van der Waals surface area (Å²) in [4.78, 5) is 22.3. The maximum Gasteiger partial charge on any atom is 0.416 e. The third kappa shape index (κ3) is 3.83. The quantitative estimate of drug-likeness (QED) is 0.546. The second kappa shape index (κ2) is 6.88. The molecule has 2 rings (SSSR count). The molecule has 0 radical (unpaired) electrons. The van der Waals surface area contributed by atoms with Crippen LogP contribution in [0.4, 0.5) is 18.9 Å². The van der Waals surface area contributed by atoms with Gasteiger partial charge in [-0.3, -0.25) is 0 Å². The van der Waals surface area contributed by atoms with E-state index in [4.69, 9.17) is 16.3 Å². The van der Waals surface area contributed by atoms with Crippen molar-refractivity contribution in [3.05, 3.63) is 57.5 Å². The predicted molar refractivity (Wildman–Crippen MR) is 79.8 cm³/mol. The molecule has 0 amide bonds. The Balaban J connectivity index is 2.35. The number of esters is 1. The molecular formula is C15H9ClF3NO4. The highest BCUT2D eigenvalue weighted by molar-refractivity contribution is 6.32. The Hall–Kier alpha value is -2.61. The van der Waals surface area contributed by atoms with Gasteiger partial charge in [-0.1, -0.05) is 11.6 Å². The van der Waals surface area contributed by atoms with E-state index in [0.717, 1.165) is 25.3 Å². The van der Waals surface area contributed by atoms with E-state index in [1.54, 1.807) is 0 Å². The Morgan fingerprint density at radius 1 is 1.17 bits per heavy atom. The van der Waals surface area contributed by atoms with Gasteiger partial charge in [0.05, 0.1) is 23.3 Å². The summed E-state index contributed by atoms with van der Waals surface area (Å²) in [6.45, 7) is 0. The minimum absolute atomic E-state index is 0.0488. The van der Waals surface area contributed by atoms with E-state index in [9.17, 15) is 22.9 Å². The number of ether oxygens (including phenoxy) is 2. The maximum absolute atomic E-state index is 12.6. The van der Waals surface area contributed by atoms with Crippen LogP contribution in [0.1, 0.15) is 15.9 Å². The van der Waals surface area contributed by atoms with Gasteiger partial charge in [-0.2, -0.15) is 13.2 Å². The van der Waals surface area contributed by atoms with Crippen LogP contribution in [-0.2, 0) is 10.9 Å². The van der Waals surface area contributed by atoms with Crippen molar-refractivity contribution in [2.24, 2.45) is 5.18 Å². The summed E-state index contributed by atoms with van der Waals surface area (Å²) < 4.78 is 47.7. The van der Waals surface area contributed by atoms with Gasteiger partial charge >= 0.3 is 12.1 Å². The number of hydrogen-bond donors (Lipinski definition) is 0. The number of methoxy groups -OCH3 is 1. The Kier molecular flexibility index (Phi) is 5.08. The number of carbonyl (C=O) groups is 1. The molecule has 0 aromatic heterocycles. The van der Waals surface area contributed by atoms with Gasteiger partial charge in [0.2, 0.25) is 0 Å². The highest BCUT2D eigenvalue weighted by Gasteiger charge is 2.31. The normalized spacial score (nSPS) is 11.0. The third-order valence-corrected chi connectivity index (χ3v) is 3.25. The average Bonchev–Trinajstić information content (AvgIpc) is 2.54. The maximum atomic E-state index is 12.6. The van der Waals surface area contributed by atoms with Crippen molar-refractivity contribution in [3.8, 4) is 11.5 Å². The van der Waals surface area contributed by atoms with E-state index in [-0.39, 0.29) is 27.8 Å². The second-order valence-electron chi connectivity index (χ2n) is 4.51. The highest BCUT2D eigenvalue weighted by Crippen LogP contribution is 2.37. The van der Waals surface area contributed by atoms with Crippen LogP contribution in [-0.4, -0.2) is 13.1 Å². The lowest BCUT2D eigenvalue weighted by atomic mass is 10.1. The molecule has 0 unspecified atom stereocenters. The van der Waals surface area contributed by atoms with Gasteiger partial charge in [-0.25, -0.2) is 4.79 Å². The molecule has 2 aromatic carbocycles. The van der Waals surface area contributed by atoms with Crippen molar-refractivity contribution in [2.75, 3.05) is 7.11 Å². The number of benzene rings is 2. The zero-order valence-electron chi connectivity index (χ0n) is 12.1. The summed E-state index contributed by atoms with van der Waals surface area (Å²) in [5.74, 6) is -0.787. The van der Waals surface area contributed by atoms with Crippen molar-refractivity contribution < 1.29 is 27.4 Å². The molecule has 0 aliphatic heterocycles. The van der Waals surface area contributed by atoms with Crippen LogP contribution >= 0.6 is 11.6 Å². The molecule has 0 N–H and O–H groups in total. The van der Waals surface area contributed by atoms with Crippen LogP contribution < -0.4 is 4.74 Å². The van der Waals surface area contributed by atoms with Gasteiger partial charge in [-0.05, 0) is 41.6 Å². The van der Waals surface area contributed by atoms with E-state index >= 15 is 0 Å². The molecule has 0 saturated carbocycles. The highest BCUT2D eigenvalue weighted by atomic mass is 35.5. The Morgan fingerprint density at radius 2 is 1.88 bits per heavy atom. The largest absolute Gasteiger partial charge is 0.465 e. The first-order chi connectivity index (χ1) is 11.3. The van der Waals surface area contributed by atoms with Crippen molar-refractivity contribution in [1.29, 1.82) is 0 Å². The fourth-order valence-corrected chi connectivity index (χ4v) is 2.04.